The van der Waals surface area contributed by atoms with Gasteiger partial charge in [-0.3, -0.25) is 9.48 Å². The van der Waals surface area contributed by atoms with E-state index in [1.54, 1.807) is 30.5 Å². The number of pyridine rings is 1. The summed E-state index contributed by atoms with van der Waals surface area (Å²) in [5.41, 5.74) is 0.631. The minimum absolute atomic E-state index is 0.208. The zero-order valence-electron chi connectivity index (χ0n) is 18.2. The monoisotopic (exact) mass is 457 g/mol. The maximum Gasteiger partial charge on any atom is 0.261 e. The lowest BCUT2D eigenvalue weighted by Crippen LogP contribution is -2.55. The summed E-state index contributed by atoms with van der Waals surface area (Å²) in [7, 11) is -3.65. The highest BCUT2D eigenvalue weighted by molar-refractivity contribution is 7.89. The summed E-state index contributed by atoms with van der Waals surface area (Å²) in [6.45, 7) is 5.57. The molecule has 9 nitrogen and oxygen atoms in total. The van der Waals surface area contributed by atoms with Crippen LogP contribution >= 0.6 is 0 Å². The molecule has 10 heteroatoms. The van der Waals surface area contributed by atoms with E-state index in [0.29, 0.717) is 42.6 Å². The molecule has 1 aromatic carbocycles. The molecule has 2 fully saturated rings. The van der Waals surface area contributed by atoms with Crippen molar-refractivity contribution in [3.63, 3.8) is 0 Å². The summed E-state index contributed by atoms with van der Waals surface area (Å²) >= 11 is 0. The second-order valence-electron chi connectivity index (χ2n) is 9.13. The van der Waals surface area contributed by atoms with Gasteiger partial charge in [-0.25, -0.2) is 8.42 Å². The predicted octanol–water partition coefficient (Wildman–Crippen LogP) is 2.68. The number of morpholine rings is 1. The Morgan fingerprint density at radius 1 is 1.22 bits per heavy atom. The number of aromatic amines is 1. The highest BCUT2D eigenvalue weighted by Gasteiger charge is 2.39. The fraction of sp³-hybridized carbons (Fsp3) is 0.455. The third kappa shape index (κ3) is 3.82. The van der Waals surface area contributed by atoms with Crippen LogP contribution in [0.1, 0.15) is 26.7 Å². The van der Waals surface area contributed by atoms with Crippen molar-refractivity contribution in [3.05, 3.63) is 46.9 Å². The second-order valence-corrected chi connectivity index (χ2v) is 11.0. The first-order valence-electron chi connectivity index (χ1n) is 10.8. The van der Waals surface area contributed by atoms with Gasteiger partial charge in [0.05, 0.1) is 29.2 Å². The molecule has 0 unspecified atom stereocenters. The number of sulfonamides is 1. The SMILES string of the molecule is CC1(C)COCCN1S(=O)(=O)c1ccc(Nc2nn(CC3CC3)c3cc[nH]c(=O)c23)cc1. The molecule has 0 radical (unpaired) electrons. The van der Waals surface area contributed by atoms with E-state index >= 15 is 0 Å². The Labute approximate surface area is 186 Å². The Balaban J connectivity index is 1.43. The van der Waals surface area contributed by atoms with Gasteiger partial charge in [0, 0.05) is 25.0 Å². The van der Waals surface area contributed by atoms with Crippen LogP contribution in [-0.4, -0.2) is 52.8 Å². The summed E-state index contributed by atoms with van der Waals surface area (Å²) < 4.78 is 35.2. The molecule has 1 aliphatic carbocycles. The molecule has 3 aromatic rings. The van der Waals surface area contributed by atoms with Crippen molar-refractivity contribution in [2.45, 2.75) is 43.7 Å². The number of fused-ring (bicyclic) bond motifs is 1. The maximum absolute atomic E-state index is 13.2. The van der Waals surface area contributed by atoms with Gasteiger partial charge < -0.3 is 15.0 Å². The normalized spacial score (nSPS) is 19.3. The number of ether oxygens (including phenoxy) is 1. The average molecular weight is 458 g/mol. The van der Waals surface area contributed by atoms with Crippen LogP contribution in [0.5, 0.6) is 0 Å². The van der Waals surface area contributed by atoms with Crippen molar-refractivity contribution in [1.29, 1.82) is 0 Å². The topological polar surface area (TPSA) is 109 Å². The molecular formula is C22H27N5O4S. The molecule has 1 saturated heterocycles. The quantitative estimate of drug-likeness (QED) is 0.589. The Morgan fingerprint density at radius 3 is 2.66 bits per heavy atom. The van der Waals surface area contributed by atoms with Crippen LogP contribution in [0.25, 0.3) is 10.9 Å². The lowest BCUT2D eigenvalue weighted by atomic mass is 10.1. The number of nitrogens with zero attached hydrogens (tertiary/aromatic N) is 3. The number of benzene rings is 1. The molecule has 2 aliphatic rings. The van der Waals surface area contributed by atoms with Crippen LogP contribution in [0.15, 0.2) is 46.2 Å². The smallest absolute Gasteiger partial charge is 0.261 e. The van der Waals surface area contributed by atoms with Crippen LogP contribution in [-0.2, 0) is 21.3 Å². The average Bonchev–Trinajstić information content (AvgIpc) is 3.50. The van der Waals surface area contributed by atoms with Crippen molar-refractivity contribution in [2.24, 2.45) is 5.92 Å². The molecule has 32 heavy (non-hydrogen) atoms. The number of hydrogen-bond donors (Lipinski definition) is 2. The van der Waals surface area contributed by atoms with E-state index in [1.165, 1.54) is 17.1 Å². The summed E-state index contributed by atoms with van der Waals surface area (Å²) in [6.07, 6.45) is 4.00. The van der Waals surface area contributed by atoms with Crippen molar-refractivity contribution < 1.29 is 13.2 Å². The third-order valence-electron chi connectivity index (χ3n) is 6.08. The summed E-state index contributed by atoms with van der Waals surface area (Å²) in [5.74, 6) is 1.08. The van der Waals surface area contributed by atoms with E-state index in [1.807, 2.05) is 24.6 Å². The fourth-order valence-corrected chi connectivity index (χ4v) is 5.92. The van der Waals surface area contributed by atoms with Crippen LogP contribution in [0, 0.1) is 5.92 Å². The molecule has 0 bridgehead atoms. The minimum atomic E-state index is -3.65. The molecule has 1 saturated carbocycles. The van der Waals surface area contributed by atoms with Crippen molar-refractivity contribution in [2.75, 3.05) is 25.1 Å². The first-order valence-corrected chi connectivity index (χ1v) is 12.3. The van der Waals surface area contributed by atoms with E-state index in [4.69, 9.17) is 4.74 Å². The molecule has 0 atom stereocenters. The highest BCUT2D eigenvalue weighted by atomic mass is 32.2. The first-order chi connectivity index (χ1) is 15.3. The summed E-state index contributed by atoms with van der Waals surface area (Å²) in [5, 5.41) is 8.33. The lowest BCUT2D eigenvalue weighted by molar-refractivity contribution is -0.00770. The van der Waals surface area contributed by atoms with Gasteiger partial charge in [-0.15, -0.1) is 0 Å². The Hall–Kier alpha value is -2.69. The Bertz CT molecular complexity index is 1310. The molecule has 0 amide bonds. The molecule has 170 valence electrons. The van der Waals surface area contributed by atoms with Crippen LogP contribution in [0.2, 0.25) is 0 Å². The van der Waals surface area contributed by atoms with E-state index in [2.05, 4.69) is 15.4 Å². The van der Waals surface area contributed by atoms with Gasteiger partial charge in [-0.05, 0) is 62.9 Å². The van der Waals surface area contributed by atoms with Crippen LogP contribution in [0.4, 0.5) is 11.5 Å². The van der Waals surface area contributed by atoms with Gasteiger partial charge in [-0.2, -0.15) is 9.40 Å². The Morgan fingerprint density at radius 2 is 1.97 bits per heavy atom. The first kappa shape index (κ1) is 21.2. The number of anilines is 2. The molecule has 3 heterocycles. The highest BCUT2D eigenvalue weighted by Crippen LogP contribution is 2.33. The molecule has 0 spiro atoms. The molecule has 2 N–H and O–H groups in total. The number of rotatable bonds is 6. The predicted molar refractivity (Wildman–Crippen MR) is 122 cm³/mol. The van der Waals surface area contributed by atoms with Gasteiger partial charge in [0.1, 0.15) is 5.39 Å². The molecule has 5 rings (SSSR count). The number of nitrogens with one attached hydrogen (secondary N) is 2. The zero-order valence-corrected chi connectivity index (χ0v) is 19.0. The Kier molecular flexibility index (Phi) is 5.11. The van der Waals surface area contributed by atoms with Gasteiger partial charge in [0.2, 0.25) is 10.0 Å². The standard InChI is InChI=1S/C22H27N5O4S/c1-22(2)14-31-12-11-27(22)32(29,30)17-7-5-16(6-8-17)24-20-19-18(9-10-23-21(19)28)26(25-20)13-15-3-4-15/h5-10,15H,3-4,11-14H2,1-2H3,(H,23,28)(H,24,25). The fourth-order valence-electron chi connectivity index (χ4n) is 4.17. The van der Waals surface area contributed by atoms with Crippen molar-refractivity contribution in [3.8, 4) is 0 Å². The largest absolute Gasteiger partial charge is 0.378 e. The second kappa shape index (κ2) is 7.72. The van der Waals surface area contributed by atoms with Gasteiger partial charge >= 0.3 is 0 Å². The summed E-state index contributed by atoms with van der Waals surface area (Å²) in [4.78, 5) is 15.4. The van der Waals surface area contributed by atoms with Gasteiger partial charge in [0.15, 0.2) is 5.82 Å². The van der Waals surface area contributed by atoms with E-state index in [0.717, 1.165) is 12.1 Å². The van der Waals surface area contributed by atoms with E-state index < -0.39 is 15.6 Å². The lowest BCUT2D eigenvalue weighted by Gasteiger charge is -2.40. The van der Waals surface area contributed by atoms with Crippen LogP contribution in [0.3, 0.4) is 0 Å². The van der Waals surface area contributed by atoms with E-state index in [-0.39, 0.29) is 10.5 Å². The minimum Gasteiger partial charge on any atom is -0.378 e. The summed E-state index contributed by atoms with van der Waals surface area (Å²) in [6, 6.07) is 8.41. The molecule has 1 aliphatic heterocycles. The molecular weight excluding hydrogens is 430 g/mol. The van der Waals surface area contributed by atoms with Crippen LogP contribution < -0.4 is 10.9 Å². The molecule has 2 aromatic heterocycles. The van der Waals surface area contributed by atoms with Gasteiger partial charge in [-0.1, -0.05) is 0 Å². The van der Waals surface area contributed by atoms with Gasteiger partial charge in [0.25, 0.3) is 5.56 Å². The van der Waals surface area contributed by atoms with Crippen molar-refractivity contribution in [1.82, 2.24) is 19.1 Å². The number of H-pyrrole nitrogens is 1. The van der Waals surface area contributed by atoms with E-state index in [9.17, 15) is 13.2 Å². The number of aromatic nitrogens is 3. The third-order valence-corrected chi connectivity index (χ3v) is 8.20. The maximum atomic E-state index is 13.2. The zero-order chi connectivity index (χ0) is 22.5. The van der Waals surface area contributed by atoms with Crippen molar-refractivity contribution >= 4 is 32.4 Å². The number of hydrogen-bond acceptors (Lipinski definition) is 6.